The largest absolute Gasteiger partial charge is 0.394 e. The summed E-state index contributed by atoms with van der Waals surface area (Å²) in [6.07, 6.45) is 10.4. The third kappa shape index (κ3) is 5.63. The lowest BCUT2D eigenvalue weighted by molar-refractivity contribution is -0.241. The van der Waals surface area contributed by atoms with E-state index in [1.165, 1.54) is 38.5 Å². The first-order valence-corrected chi connectivity index (χ1v) is 11.0. The second-order valence-corrected chi connectivity index (χ2v) is 9.00. The number of halogens is 3. The van der Waals surface area contributed by atoms with Gasteiger partial charge in [0.25, 0.3) is 0 Å². The molecule has 2 saturated carbocycles. The molecule has 0 aromatic rings. The van der Waals surface area contributed by atoms with Gasteiger partial charge in [-0.3, -0.25) is 0 Å². The highest BCUT2D eigenvalue weighted by molar-refractivity contribution is 4.93. The molecule has 0 nitrogen and oxygen atoms in total. The van der Waals surface area contributed by atoms with E-state index in [9.17, 15) is 13.2 Å². The van der Waals surface area contributed by atoms with E-state index < -0.39 is 11.6 Å². The van der Waals surface area contributed by atoms with Crippen LogP contribution in [0.4, 0.5) is 13.2 Å². The average molecular weight is 361 g/mol. The summed E-state index contributed by atoms with van der Waals surface area (Å²) in [5.74, 6) is 2.16. The second-order valence-electron chi connectivity index (χ2n) is 9.00. The van der Waals surface area contributed by atoms with Crippen molar-refractivity contribution in [1.82, 2.24) is 0 Å². The van der Waals surface area contributed by atoms with Gasteiger partial charge in [0.2, 0.25) is 0 Å². The monoisotopic (exact) mass is 360 g/mol. The highest BCUT2D eigenvalue weighted by atomic mass is 19.4. The molecule has 0 heterocycles. The predicted molar refractivity (Wildman–Crippen MR) is 99.6 cm³/mol. The van der Waals surface area contributed by atoms with Crippen LogP contribution in [0.5, 0.6) is 0 Å². The van der Waals surface area contributed by atoms with Crippen molar-refractivity contribution < 1.29 is 13.2 Å². The first-order chi connectivity index (χ1) is 11.9. The van der Waals surface area contributed by atoms with Gasteiger partial charge in [-0.15, -0.1) is 0 Å². The van der Waals surface area contributed by atoms with Gasteiger partial charge >= 0.3 is 6.18 Å². The summed E-state index contributed by atoms with van der Waals surface area (Å²) in [6, 6.07) is 0. The van der Waals surface area contributed by atoms with Crippen LogP contribution in [0.3, 0.4) is 0 Å². The number of unbranched alkanes of at least 4 members (excludes halogenated alkanes) is 3. The fraction of sp³-hybridized carbons (Fsp3) is 1.00. The molecule has 0 spiro atoms. The molecule has 2 aliphatic rings. The first-order valence-electron chi connectivity index (χ1n) is 11.0. The molecule has 25 heavy (non-hydrogen) atoms. The van der Waals surface area contributed by atoms with Crippen LogP contribution in [0, 0.1) is 23.2 Å². The van der Waals surface area contributed by atoms with Crippen molar-refractivity contribution in [2.24, 2.45) is 23.2 Å². The van der Waals surface area contributed by atoms with Crippen LogP contribution in [-0.2, 0) is 0 Å². The van der Waals surface area contributed by atoms with Gasteiger partial charge in [-0.2, -0.15) is 13.2 Å². The summed E-state index contributed by atoms with van der Waals surface area (Å²) < 4.78 is 41.4. The van der Waals surface area contributed by atoms with Crippen molar-refractivity contribution in [3.63, 3.8) is 0 Å². The summed E-state index contributed by atoms with van der Waals surface area (Å²) in [6.45, 7) is 4.37. The Labute approximate surface area is 153 Å². The number of hydrogen-bond acceptors (Lipinski definition) is 0. The van der Waals surface area contributed by atoms with Crippen LogP contribution < -0.4 is 0 Å². The van der Waals surface area contributed by atoms with E-state index in [4.69, 9.17) is 0 Å². The van der Waals surface area contributed by atoms with Crippen molar-refractivity contribution in [1.29, 1.82) is 0 Å². The van der Waals surface area contributed by atoms with Gasteiger partial charge in [0.1, 0.15) is 0 Å². The Kier molecular flexibility index (Phi) is 8.14. The fourth-order valence-corrected chi connectivity index (χ4v) is 5.59. The van der Waals surface area contributed by atoms with Crippen LogP contribution in [0.2, 0.25) is 0 Å². The van der Waals surface area contributed by atoms with E-state index in [-0.39, 0.29) is 0 Å². The molecular weight excluding hydrogens is 321 g/mol. The van der Waals surface area contributed by atoms with Gasteiger partial charge in [0, 0.05) is 0 Å². The molecule has 2 fully saturated rings. The molecule has 0 amide bonds. The van der Waals surface area contributed by atoms with Crippen molar-refractivity contribution in [3.8, 4) is 0 Å². The molecule has 0 aromatic carbocycles. The normalized spacial score (nSPS) is 34.2. The van der Waals surface area contributed by atoms with Crippen molar-refractivity contribution in [2.45, 2.75) is 116 Å². The first kappa shape index (κ1) is 21.1. The summed E-state index contributed by atoms with van der Waals surface area (Å²) in [5, 5.41) is 0. The molecule has 0 bridgehead atoms. The average Bonchev–Trinajstić information content (AvgIpc) is 2.59. The summed E-state index contributed by atoms with van der Waals surface area (Å²) in [7, 11) is 0. The van der Waals surface area contributed by atoms with Gasteiger partial charge in [0.05, 0.1) is 5.41 Å². The molecule has 148 valence electrons. The van der Waals surface area contributed by atoms with E-state index in [1.54, 1.807) is 0 Å². The van der Waals surface area contributed by atoms with Crippen molar-refractivity contribution >= 4 is 0 Å². The predicted octanol–water partition coefficient (Wildman–Crippen LogP) is 8.30. The molecule has 3 heteroatoms. The minimum atomic E-state index is -4.01. The smallest absolute Gasteiger partial charge is 0.171 e. The third-order valence-corrected chi connectivity index (χ3v) is 7.35. The Morgan fingerprint density at radius 1 is 0.760 bits per heavy atom. The zero-order chi connectivity index (χ0) is 18.3. The minimum absolute atomic E-state index is 0.368. The summed E-state index contributed by atoms with van der Waals surface area (Å²) >= 11 is 0. The SMILES string of the molecule is CCCCCC[C@]1(C(F)(F)F)CC[C@@H](C2CCC(CCC)CC2)CC1. The highest BCUT2D eigenvalue weighted by Gasteiger charge is 2.55. The maximum absolute atomic E-state index is 13.8. The standard InChI is InChI=1S/C22H39F3/c1-3-5-6-7-15-21(22(23,24)25)16-13-20(14-17-21)19-11-9-18(8-4-2)10-12-19/h18-20H,3-17H2,1-2H3/t18?,19?,20-,21+. The summed E-state index contributed by atoms with van der Waals surface area (Å²) in [4.78, 5) is 0. The lowest BCUT2D eigenvalue weighted by Gasteiger charge is -2.44. The fourth-order valence-electron chi connectivity index (χ4n) is 5.59. The van der Waals surface area contributed by atoms with E-state index in [2.05, 4.69) is 13.8 Å². The number of rotatable bonds is 8. The van der Waals surface area contributed by atoms with Crippen molar-refractivity contribution in [3.05, 3.63) is 0 Å². The Bertz CT molecular complexity index is 358. The van der Waals surface area contributed by atoms with Gasteiger partial charge in [-0.05, 0) is 62.7 Å². The van der Waals surface area contributed by atoms with E-state index in [1.807, 2.05) is 0 Å². The molecule has 0 aliphatic heterocycles. The Hall–Kier alpha value is -0.210. The molecule has 0 saturated heterocycles. The molecule has 2 rings (SSSR count). The Balaban J connectivity index is 1.84. The Morgan fingerprint density at radius 3 is 1.88 bits per heavy atom. The lowest BCUT2D eigenvalue weighted by atomic mass is 9.62. The van der Waals surface area contributed by atoms with Gasteiger partial charge in [0.15, 0.2) is 0 Å². The quantitative estimate of drug-likeness (QED) is 0.382. The highest BCUT2D eigenvalue weighted by Crippen LogP contribution is 2.55. The molecule has 0 radical (unpaired) electrons. The molecule has 2 aliphatic carbocycles. The zero-order valence-corrected chi connectivity index (χ0v) is 16.5. The van der Waals surface area contributed by atoms with Crippen LogP contribution in [0.1, 0.15) is 110 Å². The van der Waals surface area contributed by atoms with Crippen LogP contribution >= 0.6 is 0 Å². The van der Waals surface area contributed by atoms with Gasteiger partial charge < -0.3 is 0 Å². The minimum Gasteiger partial charge on any atom is -0.171 e. The van der Waals surface area contributed by atoms with Gasteiger partial charge in [-0.25, -0.2) is 0 Å². The number of hydrogen-bond donors (Lipinski definition) is 0. The molecular formula is C22H39F3. The van der Waals surface area contributed by atoms with E-state index in [0.29, 0.717) is 31.1 Å². The topological polar surface area (TPSA) is 0 Å². The second kappa shape index (κ2) is 9.65. The maximum Gasteiger partial charge on any atom is 0.394 e. The summed E-state index contributed by atoms with van der Waals surface area (Å²) in [5.41, 5.74) is -1.36. The van der Waals surface area contributed by atoms with E-state index in [0.717, 1.165) is 44.4 Å². The zero-order valence-electron chi connectivity index (χ0n) is 16.5. The van der Waals surface area contributed by atoms with E-state index >= 15 is 0 Å². The third-order valence-electron chi connectivity index (χ3n) is 7.35. The number of alkyl halides is 3. The molecule has 0 N–H and O–H groups in total. The molecule has 0 unspecified atom stereocenters. The maximum atomic E-state index is 13.8. The lowest BCUT2D eigenvalue weighted by Crippen LogP contribution is -2.42. The Morgan fingerprint density at radius 2 is 1.36 bits per heavy atom. The van der Waals surface area contributed by atoms with Crippen molar-refractivity contribution in [2.75, 3.05) is 0 Å². The van der Waals surface area contributed by atoms with Gasteiger partial charge in [-0.1, -0.05) is 65.2 Å². The van der Waals surface area contributed by atoms with Crippen LogP contribution in [0.15, 0.2) is 0 Å². The molecule has 0 atom stereocenters. The van der Waals surface area contributed by atoms with Crippen LogP contribution in [0.25, 0.3) is 0 Å². The van der Waals surface area contributed by atoms with Crippen LogP contribution in [-0.4, -0.2) is 6.18 Å². The molecule has 0 aromatic heterocycles.